The highest BCUT2D eigenvalue weighted by atomic mass is 16.3. The lowest BCUT2D eigenvalue weighted by atomic mass is 9.89. The molecule has 0 fully saturated rings. The van der Waals surface area contributed by atoms with Crippen molar-refractivity contribution in [2.75, 3.05) is 0 Å². The van der Waals surface area contributed by atoms with Crippen molar-refractivity contribution in [1.82, 2.24) is 4.98 Å². The van der Waals surface area contributed by atoms with Gasteiger partial charge in [-0.25, -0.2) is 0 Å². The summed E-state index contributed by atoms with van der Waals surface area (Å²) >= 11 is 0. The van der Waals surface area contributed by atoms with Crippen LogP contribution in [0.3, 0.4) is 0 Å². The molecule has 0 saturated carbocycles. The molecule has 3 atom stereocenters. The van der Waals surface area contributed by atoms with Crippen molar-refractivity contribution in [2.45, 2.75) is 39.2 Å². The number of hydrogen-bond donors (Lipinski definition) is 1. The second-order valence-corrected chi connectivity index (χ2v) is 3.92. The molecule has 1 N–H and O–H groups in total. The van der Waals surface area contributed by atoms with Crippen LogP contribution in [0.15, 0.2) is 24.4 Å². The predicted octanol–water partition coefficient (Wildman–Crippen LogP) is 2.59. The van der Waals surface area contributed by atoms with Gasteiger partial charge in [0.25, 0.3) is 0 Å². The molecule has 1 aromatic rings. The minimum absolute atomic E-state index is 0.117. The van der Waals surface area contributed by atoms with Crippen LogP contribution in [-0.4, -0.2) is 16.2 Å². The number of pyridine rings is 1. The van der Waals surface area contributed by atoms with E-state index in [0.29, 0.717) is 5.92 Å². The minimum Gasteiger partial charge on any atom is -0.392 e. The van der Waals surface area contributed by atoms with Crippen LogP contribution in [-0.2, 0) is 0 Å². The summed E-state index contributed by atoms with van der Waals surface area (Å²) in [5.74, 6) is 0.443. The fourth-order valence-corrected chi connectivity index (χ4v) is 1.55. The van der Waals surface area contributed by atoms with Crippen LogP contribution in [0.4, 0.5) is 0 Å². The Balaban J connectivity index is 2.70. The van der Waals surface area contributed by atoms with Gasteiger partial charge in [-0.05, 0) is 18.1 Å². The summed E-state index contributed by atoms with van der Waals surface area (Å²) in [6, 6.07) is 5.82. The third-order valence-electron chi connectivity index (χ3n) is 2.89. The van der Waals surface area contributed by atoms with Gasteiger partial charge in [0.15, 0.2) is 0 Å². The lowest BCUT2D eigenvalue weighted by Crippen LogP contribution is -2.24. The average molecular weight is 193 g/mol. The highest BCUT2D eigenvalue weighted by molar-refractivity contribution is 5.10. The zero-order valence-corrected chi connectivity index (χ0v) is 9.14. The van der Waals surface area contributed by atoms with Gasteiger partial charge in [0, 0.05) is 17.8 Å². The molecule has 0 saturated heterocycles. The van der Waals surface area contributed by atoms with Gasteiger partial charge in [0.05, 0.1) is 6.10 Å². The monoisotopic (exact) mass is 193 g/mol. The molecular weight excluding hydrogens is 174 g/mol. The van der Waals surface area contributed by atoms with Crippen molar-refractivity contribution in [3.05, 3.63) is 30.1 Å². The van der Waals surface area contributed by atoms with Crippen LogP contribution in [0.25, 0.3) is 0 Å². The number of aliphatic hydroxyl groups is 1. The van der Waals surface area contributed by atoms with Crippen molar-refractivity contribution in [1.29, 1.82) is 0 Å². The summed E-state index contributed by atoms with van der Waals surface area (Å²) in [5, 5.41) is 10.00. The second-order valence-electron chi connectivity index (χ2n) is 3.92. The lowest BCUT2D eigenvalue weighted by Gasteiger charge is -2.23. The fourth-order valence-electron chi connectivity index (χ4n) is 1.55. The maximum Gasteiger partial charge on any atom is 0.0646 e. The Labute approximate surface area is 86.0 Å². The Morgan fingerprint density at radius 3 is 2.57 bits per heavy atom. The molecule has 3 unspecified atom stereocenters. The SMILES string of the molecule is CCC(C)C(O)C(C)c1ccccn1. The molecule has 14 heavy (non-hydrogen) atoms. The largest absolute Gasteiger partial charge is 0.392 e. The average Bonchev–Trinajstić information content (AvgIpc) is 2.27. The van der Waals surface area contributed by atoms with E-state index in [-0.39, 0.29) is 12.0 Å². The summed E-state index contributed by atoms with van der Waals surface area (Å²) < 4.78 is 0. The predicted molar refractivity (Wildman–Crippen MR) is 58.1 cm³/mol. The van der Waals surface area contributed by atoms with E-state index in [1.807, 2.05) is 25.1 Å². The van der Waals surface area contributed by atoms with Gasteiger partial charge < -0.3 is 5.11 Å². The summed E-state index contributed by atoms with van der Waals surface area (Å²) in [5.41, 5.74) is 0.973. The molecule has 0 aliphatic rings. The molecule has 1 rings (SSSR count). The standard InChI is InChI=1S/C12H19NO/c1-4-9(2)12(14)10(3)11-7-5-6-8-13-11/h5-10,12,14H,4H2,1-3H3. The first-order valence-corrected chi connectivity index (χ1v) is 5.25. The Hall–Kier alpha value is -0.890. The molecule has 0 aliphatic carbocycles. The van der Waals surface area contributed by atoms with E-state index in [1.54, 1.807) is 6.20 Å². The van der Waals surface area contributed by atoms with E-state index in [2.05, 4.69) is 18.8 Å². The van der Waals surface area contributed by atoms with Gasteiger partial charge in [-0.3, -0.25) is 4.98 Å². The van der Waals surface area contributed by atoms with Gasteiger partial charge >= 0.3 is 0 Å². The molecule has 0 bridgehead atoms. The highest BCUT2D eigenvalue weighted by Crippen LogP contribution is 2.23. The zero-order valence-electron chi connectivity index (χ0n) is 9.14. The Morgan fingerprint density at radius 1 is 1.36 bits per heavy atom. The first-order chi connectivity index (χ1) is 6.66. The Bertz CT molecular complexity index is 260. The number of aromatic nitrogens is 1. The Morgan fingerprint density at radius 2 is 2.07 bits per heavy atom. The van der Waals surface area contributed by atoms with E-state index >= 15 is 0 Å². The van der Waals surface area contributed by atoms with Crippen molar-refractivity contribution in [3.63, 3.8) is 0 Å². The van der Waals surface area contributed by atoms with Crippen LogP contribution in [0, 0.1) is 5.92 Å². The van der Waals surface area contributed by atoms with Crippen molar-refractivity contribution >= 4 is 0 Å². The first-order valence-electron chi connectivity index (χ1n) is 5.25. The zero-order chi connectivity index (χ0) is 10.6. The van der Waals surface area contributed by atoms with Crippen LogP contribution < -0.4 is 0 Å². The molecule has 1 aromatic heterocycles. The first kappa shape index (κ1) is 11.2. The summed E-state index contributed by atoms with van der Waals surface area (Å²) in [6.45, 7) is 6.20. The molecule has 0 amide bonds. The highest BCUT2D eigenvalue weighted by Gasteiger charge is 2.21. The van der Waals surface area contributed by atoms with Crippen molar-refractivity contribution < 1.29 is 5.11 Å². The molecule has 78 valence electrons. The fraction of sp³-hybridized carbons (Fsp3) is 0.583. The molecule has 2 nitrogen and oxygen atoms in total. The third kappa shape index (κ3) is 2.55. The van der Waals surface area contributed by atoms with Gasteiger partial charge in [-0.2, -0.15) is 0 Å². The van der Waals surface area contributed by atoms with Crippen molar-refractivity contribution in [3.8, 4) is 0 Å². The van der Waals surface area contributed by atoms with Gasteiger partial charge in [-0.15, -0.1) is 0 Å². The van der Waals surface area contributed by atoms with Crippen LogP contribution in [0.2, 0.25) is 0 Å². The smallest absolute Gasteiger partial charge is 0.0646 e. The molecule has 0 aliphatic heterocycles. The van der Waals surface area contributed by atoms with E-state index in [0.717, 1.165) is 12.1 Å². The molecular formula is C12H19NO. The van der Waals surface area contributed by atoms with E-state index in [9.17, 15) is 5.11 Å². The number of aliphatic hydroxyl groups excluding tert-OH is 1. The van der Waals surface area contributed by atoms with Gasteiger partial charge in [0.1, 0.15) is 0 Å². The molecule has 0 radical (unpaired) electrons. The van der Waals surface area contributed by atoms with Crippen LogP contribution in [0.1, 0.15) is 38.8 Å². The molecule has 2 heteroatoms. The molecule has 0 aromatic carbocycles. The quantitative estimate of drug-likeness (QED) is 0.797. The molecule has 0 spiro atoms. The van der Waals surface area contributed by atoms with E-state index < -0.39 is 0 Å². The number of nitrogens with zero attached hydrogens (tertiary/aromatic N) is 1. The van der Waals surface area contributed by atoms with Gasteiger partial charge in [-0.1, -0.05) is 33.3 Å². The van der Waals surface area contributed by atoms with E-state index in [1.165, 1.54) is 0 Å². The number of rotatable bonds is 4. The van der Waals surface area contributed by atoms with E-state index in [4.69, 9.17) is 0 Å². The lowest BCUT2D eigenvalue weighted by molar-refractivity contribution is 0.0905. The van der Waals surface area contributed by atoms with Crippen LogP contribution in [0.5, 0.6) is 0 Å². The minimum atomic E-state index is -0.296. The topological polar surface area (TPSA) is 33.1 Å². The third-order valence-corrected chi connectivity index (χ3v) is 2.89. The van der Waals surface area contributed by atoms with Gasteiger partial charge in [0.2, 0.25) is 0 Å². The summed E-state index contributed by atoms with van der Waals surface area (Å²) in [7, 11) is 0. The summed E-state index contributed by atoms with van der Waals surface area (Å²) in [6.07, 6.45) is 2.47. The molecule has 1 heterocycles. The second kappa shape index (κ2) is 5.11. The maximum atomic E-state index is 10.00. The number of hydrogen-bond acceptors (Lipinski definition) is 2. The normalized spacial score (nSPS) is 17.4. The maximum absolute atomic E-state index is 10.00. The Kier molecular flexibility index (Phi) is 4.08. The van der Waals surface area contributed by atoms with Crippen LogP contribution >= 0.6 is 0 Å². The van der Waals surface area contributed by atoms with Crippen molar-refractivity contribution in [2.24, 2.45) is 5.92 Å². The summed E-state index contributed by atoms with van der Waals surface area (Å²) in [4.78, 5) is 4.26.